The highest BCUT2D eigenvalue weighted by molar-refractivity contribution is 6.30. The summed E-state index contributed by atoms with van der Waals surface area (Å²) in [4.78, 5) is 15.5. The number of aryl methyl sites for hydroxylation is 1. The topological polar surface area (TPSA) is 55.1 Å². The van der Waals surface area contributed by atoms with E-state index in [1.54, 1.807) is 0 Å². The van der Waals surface area contributed by atoms with Gasteiger partial charge in [-0.15, -0.1) is 0 Å². The van der Waals surface area contributed by atoms with E-state index in [2.05, 4.69) is 29.8 Å². The number of fused-ring (bicyclic) bond motifs is 3. The van der Waals surface area contributed by atoms with Crippen molar-refractivity contribution in [2.45, 2.75) is 33.4 Å². The van der Waals surface area contributed by atoms with Crippen molar-refractivity contribution in [3.8, 4) is 11.5 Å². The van der Waals surface area contributed by atoms with E-state index in [0.717, 1.165) is 34.0 Å². The Morgan fingerprint density at radius 1 is 1.12 bits per heavy atom. The molecule has 0 bridgehead atoms. The molecule has 0 saturated carbocycles. The van der Waals surface area contributed by atoms with Gasteiger partial charge in [-0.3, -0.25) is 0 Å². The monoisotopic (exact) mass is 473 g/mol. The molecule has 0 saturated heterocycles. The van der Waals surface area contributed by atoms with Crippen molar-refractivity contribution in [2.24, 2.45) is 5.92 Å². The molecule has 6 nitrogen and oxygen atoms in total. The lowest BCUT2D eigenvalue weighted by molar-refractivity contribution is 0.179. The van der Waals surface area contributed by atoms with E-state index in [0.29, 0.717) is 24.0 Å². The smallest absolute Gasteiger partial charge is 0.318 e. The predicted molar refractivity (Wildman–Crippen MR) is 135 cm³/mol. The number of carbonyl (C=O) groups excluding carboxylic acids is 1. The maximum absolute atomic E-state index is 13.6. The van der Waals surface area contributed by atoms with Crippen LogP contribution in [0.1, 0.15) is 42.4 Å². The van der Waals surface area contributed by atoms with Crippen molar-refractivity contribution in [1.82, 2.24) is 24.6 Å². The maximum atomic E-state index is 13.6. The molecule has 0 fully saturated rings. The second kappa shape index (κ2) is 9.03. The Hall–Kier alpha value is -3.51. The van der Waals surface area contributed by atoms with Crippen LogP contribution in [0.5, 0.6) is 0 Å². The molecule has 34 heavy (non-hydrogen) atoms. The predicted octanol–water partition coefficient (Wildman–Crippen LogP) is 5.90. The maximum Gasteiger partial charge on any atom is 0.318 e. The average molecular weight is 474 g/mol. The lowest BCUT2D eigenvalue weighted by atomic mass is 10.0. The standard InChI is InChI=1S/C27H28ClN5O/c1-18(2)16-29-27(34)32-17-23-19(3)30-33(22-11-5-4-6-12-22)26(23)31-14-8-13-24(31)25(32)20-9-7-10-21(28)15-20/h4-15,18,25H,16-17H2,1-3H3,(H,29,34)/t25-/m0/s1. The minimum atomic E-state index is -0.308. The molecule has 1 atom stereocenters. The third-order valence-electron chi connectivity index (χ3n) is 6.17. The normalized spacial score (nSPS) is 15.1. The quantitative estimate of drug-likeness (QED) is 0.401. The van der Waals surface area contributed by atoms with E-state index in [-0.39, 0.29) is 12.1 Å². The molecule has 0 unspecified atom stereocenters. The minimum absolute atomic E-state index is 0.105. The SMILES string of the molecule is Cc1nn(-c2ccccc2)c2c1CN(C(=O)NCC(C)C)[C@@H](c1cccc(Cl)c1)c1cccn1-2. The minimum Gasteiger partial charge on any atom is -0.338 e. The number of nitrogens with one attached hydrogen (secondary N) is 1. The lowest BCUT2D eigenvalue weighted by Gasteiger charge is -2.31. The number of hydrogen-bond donors (Lipinski definition) is 1. The van der Waals surface area contributed by atoms with Crippen LogP contribution < -0.4 is 5.32 Å². The fourth-order valence-corrected chi connectivity index (χ4v) is 4.77. The summed E-state index contributed by atoms with van der Waals surface area (Å²) in [5, 5.41) is 8.65. The first-order valence-electron chi connectivity index (χ1n) is 11.6. The lowest BCUT2D eigenvalue weighted by Crippen LogP contribution is -2.43. The van der Waals surface area contributed by atoms with Crippen LogP contribution in [-0.4, -0.2) is 31.8 Å². The molecule has 1 aliphatic rings. The Labute approximate surface area is 204 Å². The van der Waals surface area contributed by atoms with Gasteiger partial charge in [-0.05, 0) is 54.8 Å². The molecule has 0 aliphatic carbocycles. The number of hydrogen-bond acceptors (Lipinski definition) is 2. The summed E-state index contributed by atoms with van der Waals surface area (Å²) in [7, 11) is 0. The van der Waals surface area contributed by atoms with E-state index in [1.165, 1.54) is 0 Å². The highest BCUT2D eigenvalue weighted by atomic mass is 35.5. The number of amides is 2. The number of para-hydroxylation sites is 1. The Bertz CT molecular complexity index is 1320. The van der Waals surface area contributed by atoms with Crippen molar-refractivity contribution in [3.63, 3.8) is 0 Å². The third-order valence-corrected chi connectivity index (χ3v) is 6.41. The first-order valence-corrected chi connectivity index (χ1v) is 11.9. The van der Waals surface area contributed by atoms with E-state index in [1.807, 2.05) is 83.4 Å². The van der Waals surface area contributed by atoms with Crippen LogP contribution in [0, 0.1) is 12.8 Å². The van der Waals surface area contributed by atoms with Gasteiger partial charge >= 0.3 is 6.03 Å². The molecule has 0 spiro atoms. The van der Waals surface area contributed by atoms with Gasteiger partial charge in [-0.1, -0.05) is 55.8 Å². The van der Waals surface area contributed by atoms with Gasteiger partial charge in [0.15, 0.2) is 0 Å². The largest absolute Gasteiger partial charge is 0.338 e. The summed E-state index contributed by atoms with van der Waals surface area (Å²) >= 11 is 6.39. The zero-order valence-corrected chi connectivity index (χ0v) is 20.3. The zero-order valence-electron chi connectivity index (χ0n) is 19.6. The molecule has 4 aromatic rings. The number of benzene rings is 2. The molecular weight excluding hydrogens is 446 g/mol. The molecule has 7 heteroatoms. The fraction of sp³-hybridized carbons (Fsp3) is 0.259. The summed E-state index contributed by atoms with van der Waals surface area (Å²) in [6.45, 7) is 7.22. The van der Waals surface area contributed by atoms with Crippen LogP contribution in [0.4, 0.5) is 4.79 Å². The van der Waals surface area contributed by atoms with Crippen molar-refractivity contribution in [2.75, 3.05) is 6.54 Å². The van der Waals surface area contributed by atoms with Crippen LogP contribution in [0.25, 0.3) is 11.5 Å². The first kappa shape index (κ1) is 22.3. The first-order chi connectivity index (χ1) is 16.4. The van der Waals surface area contributed by atoms with Gasteiger partial charge in [0.1, 0.15) is 5.82 Å². The van der Waals surface area contributed by atoms with Crippen molar-refractivity contribution < 1.29 is 4.79 Å². The number of halogens is 1. The Morgan fingerprint density at radius 2 is 1.91 bits per heavy atom. The van der Waals surface area contributed by atoms with E-state index in [4.69, 9.17) is 16.7 Å². The van der Waals surface area contributed by atoms with Gasteiger partial charge in [-0.2, -0.15) is 5.10 Å². The molecule has 1 aliphatic heterocycles. The Balaban J connectivity index is 1.72. The molecule has 5 rings (SSSR count). The van der Waals surface area contributed by atoms with Crippen LogP contribution in [0.15, 0.2) is 72.9 Å². The van der Waals surface area contributed by atoms with Crippen molar-refractivity contribution >= 4 is 17.6 Å². The summed E-state index contributed by atoms with van der Waals surface area (Å²) in [6, 6.07) is 21.5. The molecule has 0 radical (unpaired) electrons. The fourth-order valence-electron chi connectivity index (χ4n) is 4.57. The van der Waals surface area contributed by atoms with Gasteiger partial charge in [0, 0.05) is 23.3 Å². The van der Waals surface area contributed by atoms with Gasteiger partial charge in [-0.25, -0.2) is 9.48 Å². The molecule has 2 aromatic heterocycles. The Morgan fingerprint density at radius 3 is 2.65 bits per heavy atom. The van der Waals surface area contributed by atoms with Crippen LogP contribution in [0.3, 0.4) is 0 Å². The highest BCUT2D eigenvalue weighted by Gasteiger charge is 2.36. The van der Waals surface area contributed by atoms with Crippen LogP contribution in [0.2, 0.25) is 5.02 Å². The number of rotatable bonds is 4. The highest BCUT2D eigenvalue weighted by Crippen LogP contribution is 2.38. The third kappa shape index (κ3) is 3.99. The molecular formula is C27H28ClN5O. The number of carbonyl (C=O) groups is 1. The van der Waals surface area contributed by atoms with E-state index < -0.39 is 0 Å². The van der Waals surface area contributed by atoms with Gasteiger partial charge in [0.05, 0.1) is 29.7 Å². The van der Waals surface area contributed by atoms with Gasteiger partial charge < -0.3 is 14.8 Å². The van der Waals surface area contributed by atoms with Crippen LogP contribution >= 0.6 is 11.6 Å². The molecule has 1 N–H and O–H groups in total. The molecule has 174 valence electrons. The number of aromatic nitrogens is 3. The van der Waals surface area contributed by atoms with Crippen LogP contribution in [-0.2, 0) is 6.54 Å². The summed E-state index contributed by atoms with van der Waals surface area (Å²) in [6.07, 6.45) is 2.04. The Kier molecular flexibility index (Phi) is 5.92. The number of urea groups is 1. The van der Waals surface area contributed by atoms with Crippen molar-refractivity contribution in [1.29, 1.82) is 0 Å². The molecule has 2 amide bonds. The second-order valence-corrected chi connectivity index (χ2v) is 9.54. The van der Waals surface area contributed by atoms with E-state index in [9.17, 15) is 4.79 Å². The van der Waals surface area contributed by atoms with Crippen molar-refractivity contribution in [3.05, 3.63) is 100 Å². The van der Waals surface area contributed by atoms with Gasteiger partial charge in [0.2, 0.25) is 0 Å². The summed E-state index contributed by atoms with van der Waals surface area (Å²) in [5.41, 5.74) is 4.84. The number of nitrogens with zero attached hydrogens (tertiary/aromatic N) is 4. The second-order valence-electron chi connectivity index (χ2n) is 9.10. The van der Waals surface area contributed by atoms with Gasteiger partial charge in [0.25, 0.3) is 0 Å². The zero-order chi connectivity index (χ0) is 23.8. The van der Waals surface area contributed by atoms with E-state index >= 15 is 0 Å². The summed E-state index contributed by atoms with van der Waals surface area (Å²) < 4.78 is 4.13. The average Bonchev–Trinajstić information content (AvgIpc) is 3.38. The molecule has 2 aromatic carbocycles. The molecule has 3 heterocycles. The summed E-state index contributed by atoms with van der Waals surface area (Å²) in [5.74, 6) is 1.30.